The van der Waals surface area contributed by atoms with Gasteiger partial charge in [0.15, 0.2) is 11.5 Å². The lowest BCUT2D eigenvalue weighted by atomic mass is 10.2. The van der Waals surface area contributed by atoms with Crippen molar-refractivity contribution in [2.75, 3.05) is 20.7 Å². The topological polar surface area (TPSA) is 34.1 Å². The van der Waals surface area contributed by atoms with Gasteiger partial charge in [0.25, 0.3) is 0 Å². The molecular formula is C18H21ClN2O2. The smallest absolute Gasteiger partial charge is 0.169 e. The van der Waals surface area contributed by atoms with Crippen molar-refractivity contribution in [2.45, 2.75) is 13.8 Å². The lowest BCUT2D eigenvalue weighted by Crippen LogP contribution is -2.14. The molecule has 0 saturated carbocycles. The SMILES string of the molecule is CCN(C)/C=N/c1cc(OC)c(Oc2ccccc2Cl)cc1C. The molecule has 0 fully saturated rings. The van der Waals surface area contributed by atoms with Crippen molar-refractivity contribution in [2.24, 2.45) is 4.99 Å². The lowest BCUT2D eigenvalue weighted by molar-refractivity contribution is 0.379. The number of aryl methyl sites for hydroxylation is 1. The van der Waals surface area contributed by atoms with Gasteiger partial charge < -0.3 is 14.4 Å². The van der Waals surface area contributed by atoms with Crippen LogP contribution in [0.15, 0.2) is 41.4 Å². The zero-order chi connectivity index (χ0) is 16.8. The van der Waals surface area contributed by atoms with Gasteiger partial charge in [0.1, 0.15) is 5.75 Å². The predicted molar refractivity (Wildman–Crippen MR) is 95.7 cm³/mol. The molecule has 0 aliphatic rings. The highest BCUT2D eigenvalue weighted by Crippen LogP contribution is 2.38. The van der Waals surface area contributed by atoms with Gasteiger partial charge >= 0.3 is 0 Å². The van der Waals surface area contributed by atoms with Gasteiger partial charge in [-0.3, -0.25) is 0 Å². The van der Waals surface area contributed by atoms with Crippen LogP contribution in [0.25, 0.3) is 0 Å². The summed E-state index contributed by atoms with van der Waals surface area (Å²) in [7, 11) is 3.58. The molecule has 0 atom stereocenters. The summed E-state index contributed by atoms with van der Waals surface area (Å²) in [6, 6.07) is 11.1. The highest BCUT2D eigenvalue weighted by molar-refractivity contribution is 6.32. The van der Waals surface area contributed by atoms with E-state index in [1.54, 1.807) is 19.5 Å². The highest BCUT2D eigenvalue weighted by atomic mass is 35.5. The van der Waals surface area contributed by atoms with Crippen LogP contribution in [0.2, 0.25) is 5.02 Å². The molecule has 2 aromatic rings. The molecule has 2 rings (SSSR count). The van der Waals surface area contributed by atoms with E-state index in [1.807, 2.05) is 49.2 Å². The Kier molecular flexibility index (Phi) is 5.88. The largest absolute Gasteiger partial charge is 0.493 e. The van der Waals surface area contributed by atoms with Gasteiger partial charge in [-0.15, -0.1) is 0 Å². The Labute approximate surface area is 142 Å². The van der Waals surface area contributed by atoms with E-state index in [0.29, 0.717) is 22.3 Å². The Hall–Kier alpha value is -2.20. The molecule has 0 saturated heterocycles. The minimum atomic E-state index is 0.555. The summed E-state index contributed by atoms with van der Waals surface area (Å²) in [6.07, 6.45) is 1.80. The van der Waals surface area contributed by atoms with Crippen molar-refractivity contribution >= 4 is 23.6 Å². The molecule has 0 aliphatic carbocycles. The first-order chi connectivity index (χ1) is 11.0. The highest BCUT2D eigenvalue weighted by Gasteiger charge is 2.11. The average Bonchev–Trinajstić information content (AvgIpc) is 2.55. The Morgan fingerprint density at radius 3 is 2.57 bits per heavy atom. The maximum atomic E-state index is 6.15. The van der Waals surface area contributed by atoms with Crippen LogP contribution in [0.1, 0.15) is 12.5 Å². The second-order valence-electron chi connectivity index (χ2n) is 5.14. The number of para-hydroxylation sites is 1. The van der Waals surface area contributed by atoms with Crippen molar-refractivity contribution in [3.05, 3.63) is 47.0 Å². The number of ether oxygens (including phenoxy) is 2. The van der Waals surface area contributed by atoms with E-state index >= 15 is 0 Å². The lowest BCUT2D eigenvalue weighted by Gasteiger charge is -2.14. The van der Waals surface area contributed by atoms with E-state index in [1.165, 1.54) is 0 Å². The third-order valence-electron chi connectivity index (χ3n) is 3.43. The first-order valence-electron chi connectivity index (χ1n) is 7.40. The summed E-state index contributed by atoms with van der Waals surface area (Å²) in [5, 5.41) is 0.555. The van der Waals surface area contributed by atoms with Crippen molar-refractivity contribution < 1.29 is 9.47 Å². The van der Waals surface area contributed by atoms with E-state index in [-0.39, 0.29) is 0 Å². The Morgan fingerprint density at radius 2 is 1.91 bits per heavy atom. The summed E-state index contributed by atoms with van der Waals surface area (Å²) in [5.41, 5.74) is 1.84. The van der Waals surface area contributed by atoms with Crippen molar-refractivity contribution in [3.8, 4) is 17.2 Å². The number of hydrogen-bond donors (Lipinski definition) is 0. The summed E-state index contributed by atoms with van der Waals surface area (Å²) in [6.45, 7) is 4.95. The van der Waals surface area contributed by atoms with Crippen molar-refractivity contribution in [3.63, 3.8) is 0 Å². The van der Waals surface area contributed by atoms with Crippen molar-refractivity contribution in [1.82, 2.24) is 4.90 Å². The Balaban J connectivity index is 2.33. The van der Waals surface area contributed by atoms with Crippen LogP contribution < -0.4 is 9.47 Å². The summed E-state index contributed by atoms with van der Waals surface area (Å²) < 4.78 is 11.3. The molecule has 0 unspecified atom stereocenters. The maximum absolute atomic E-state index is 6.15. The van der Waals surface area contributed by atoms with E-state index in [2.05, 4.69) is 11.9 Å². The molecular weight excluding hydrogens is 312 g/mol. The second kappa shape index (κ2) is 7.88. The molecule has 4 nitrogen and oxygen atoms in total. The second-order valence-corrected chi connectivity index (χ2v) is 5.55. The molecule has 0 spiro atoms. The van der Waals surface area contributed by atoms with Gasteiger partial charge in [-0.2, -0.15) is 0 Å². The van der Waals surface area contributed by atoms with Crippen LogP contribution in [0.5, 0.6) is 17.2 Å². The molecule has 0 heterocycles. The molecule has 2 aromatic carbocycles. The third kappa shape index (κ3) is 4.39. The third-order valence-corrected chi connectivity index (χ3v) is 3.74. The van der Waals surface area contributed by atoms with E-state index < -0.39 is 0 Å². The number of halogens is 1. The Bertz CT molecular complexity index is 701. The molecule has 23 heavy (non-hydrogen) atoms. The maximum Gasteiger partial charge on any atom is 0.169 e. The normalized spacial score (nSPS) is 10.8. The molecule has 0 aliphatic heterocycles. The first-order valence-corrected chi connectivity index (χ1v) is 7.78. The fourth-order valence-electron chi connectivity index (χ4n) is 1.92. The van der Waals surface area contributed by atoms with Gasteiger partial charge in [0, 0.05) is 19.7 Å². The molecule has 0 bridgehead atoms. The molecule has 0 radical (unpaired) electrons. The van der Waals surface area contributed by atoms with Crippen LogP contribution in [0.3, 0.4) is 0 Å². The number of rotatable bonds is 6. The molecule has 0 N–H and O–H groups in total. The number of methoxy groups -OCH3 is 1. The fourth-order valence-corrected chi connectivity index (χ4v) is 2.09. The van der Waals surface area contributed by atoms with Crippen LogP contribution in [-0.4, -0.2) is 31.9 Å². The van der Waals surface area contributed by atoms with Crippen LogP contribution in [0, 0.1) is 6.92 Å². The average molecular weight is 333 g/mol. The minimum Gasteiger partial charge on any atom is -0.493 e. The van der Waals surface area contributed by atoms with E-state index in [0.717, 1.165) is 17.8 Å². The monoisotopic (exact) mass is 332 g/mol. The minimum absolute atomic E-state index is 0.555. The number of nitrogens with zero attached hydrogens (tertiary/aromatic N) is 2. The zero-order valence-corrected chi connectivity index (χ0v) is 14.6. The van der Waals surface area contributed by atoms with Crippen LogP contribution >= 0.6 is 11.6 Å². The van der Waals surface area contributed by atoms with Gasteiger partial charge in [0.05, 0.1) is 24.2 Å². The fraction of sp³-hybridized carbons (Fsp3) is 0.278. The number of aliphatic imine (C=N–C) groups is 1. The molecule has 0 aromatic heterocycles. The molecule has 5 heteroatoms. The Morgan fingerprint density at radius 1 is 1.17 bits per heavy atom. The summed E-state index contributed by atoms with van der Waals surface area (Å²) in [4.78, 5) is 6.49. The number of benzene rings is 2. The quantitative estimate of drug-likeness (QED) is 0.547. The van der Waals surface area contributed by atoms with Crippen LogP contribution in [-0.2, 0) is 0 Å². The predicted octanol–water partition coefficient (Wildman–Crippen LogP) is 5.06. The number of hydrogen-bond acceptors (Lipinski definition) is 3. The van der Waals surface area contributed by atoms with Crippen molar-refractivity contribution in [1.29, 1.82) is 0 Å². The summed E-state index contributed by atoms with van der Waals surface area (Å²) in [5.74, 6) is 1.82. The van der Waals surface area contributed by atoms with Gasteiger partial charge in [-0.25, -0.2) is 4.99 Å². The van der Waals surface area contributed by atoms with Gasteiger partial charge in [-0.05, 0) is 37.6 Å². The van der Waals surface area contributed by atoms with E-state index in [4.69, 9.17) is 21.1 Å². The van der Waals surface area contributed by atoms with Crippen LogP contribution in [0.4, 0.5) is 5.69 Å². The molecule has 0 amide bonds. The summed E-state index contributed by atoms with van der Waals surface area (Å²) >= 11 is 6.15. The standard InChI is InChI=1S/C18H21ClN2O2/c1-5-21(3)12-20-15-11-17(22-4)18(10-13(15)2)23-16-9-7-6-8-14(16)19/h6-12H,5H2,1-4H3/b20-12+. The molecule has 122 valence electrons. The van der Waals surface area contributed by atoms with Gasteiger partial charge in [0.2, 0.25) is 0 Å². The van der Waals surface area contributed by atoms with Gasteiger partial charge in [-0.1, -0.05) is 23.7 Å². The zero-order valence-electron chi connectivity index (χ0n) is 13.8. The first kappa shape index (κ1) is 17.2. The van der Waals surface area contributed by atoms with E-state index in [9.17, 15) is 0 Å².